The summed E-state index contributed by atoms with van der Waals surface area (Å²) in [4.78, 5) is 12.0. The number of benzene rings is 2. The number of carbonyl (C=O) groups excluding carboxylic acids is 1. The van der Waals surface area contributed by atoms with Gasteiger partial charge in [-0.15, -0.1) is 10.2 Å². The molecule has 0 unspecified atom stereocenters. The Balaban J connectivity index is 1.59. The molecule has 27 heavy (non-hydrogen) atoms. The van der Waals surface area contributed by atoms with Crippen LogP contribution in [0.1, 0.15) is 19.8 Å². The number of hydrogen-bond acceptors (Lipinski definition) is 5. The minimum absolute atomic E-state index is 0.0957. The monoisotopic (exact) mass is 386 g/mol. The highest BCUT2D eigenvalue weighted by Gasteiger charge is 2.11. The number of unbranched alkanes of at least 4 members (excludes halogenated alkanes) is 1. The van der Waals surface area contributed by atoms with E-state index in [2.05, 4.69) is 27.8 Å². The molecule has 2 amide bonds. The van der Waals surface area contributed by atoms with E-state index in [0.29, 0.717) is 16.7 Å². The van der Waals surface area contributed by atoms with Crippen molar-refractivity contribution in [1.29, 1.82) is 0 Å². The van der Waals surface area contributed by atoms with E-state index in [-0.39, 0.29) is 5.69 Å². The molecule has 2 N–H and O–H groups in total. The van der Waals surface area contributed by atoms with Gasteiger partial charge in [0.15, 0.2) is 0 Å². The van der Waals surface area contributed by atoms with Crippen LogP contribution in [-0.2, 0) is 0 Å². The first-order chi connectivity index (χ1) is 13.2. The number of ether oxygens (including phenoxy) is 1. The van der Waals surface area contributed by atoms with Crippen molar-refractivity contribution < 1.29 is 13.9 Å². The lowest BCUT2D eigenvalue weighted by Gasteiger charge is -2.05. The van der Waals surface area contributed by atoms with E-state index in [1.165, 1.54) is 23.5 Å². The molecule has 1 heterocycles. The summed E-state index contributed by atoms with van der Waals surface area (Å²) < 4.78 is 19.2. The first-order valence-electron chi connectivity index (χ1n) is 8.55. The Morgan fingerprint density at radius 3 is 2.63 bits per heavy atom. The lowest BCUT2D eigenvalue weighted by Crippen LogP contribution is -2.19. The molecule has 6 nitrogen and oxygen atoms in total. The van der Waals surface area contributed by atoms with Crippen LogP contribution in [0.4, 0.5) is 20.0 Å². The van der Waals surface area contributed by atoms with Crippen LogP contribution in [0.3, 0.4) is 0 Å². The van der Waals surface area contributed by atoms with Gasteiger partial charge in [-0.25, -0.2) is 9.18 Å². The fourth-order valence-corrected chi connectivity index (χ4v) is 2.98. The maximum atomic E-state index is 13.6. The van der Waals surface area contributed by atoms with Gasteiger partial charge in [0.05, 0.1) is 12.3 Å². The number of carbonyl (C=O) groups is 1. The zero-order valence-corrected chi connectivity index (χ0v) is 15.6. The molecule has 1 aromatic heterocycles. The van der Waals surface area contributed by atoms with E-state index in [9.17, 15) is 9.18 Å². The first-order valence-corrected chi connectivity index (χ1v) is 9.36. The topological polar surface area (TPSA) is 76.1 Å². The van der Waals surface area contributed by atoms with Gasteiger partial charge in [0.25, 0.3) is 0 Å². The van der Waals surface area contributed by atoms with Crippen molar-refractivity contribution in [3.63, 3.8) is 0 Å². The average Bonchev–Trinajstić information content (AvgIpc) is 3.13. The van der Waals surface area contributed by atoms with Gasteiger partial charge in [-0.3, -0.25) is 5.32 Å². The predicted molar refractivity (Wildman–Crippen MR) is 105 cm³/mol. The highest BCUT2D eigenvalue weighted by Crippen LogP contribution is 2.28. The summed E-state index contributed by atoms with van der Waals surface area (Å²) in [7, 11) is 0. The number of rotatable bonds is 7. The van der Waals surface area contributed by atoms with Gasteiger partial charge in [0.1, 0.15) is 16.6 Å². The largest absolute Gasteiger partial charge is 0.494 e. The van der Waals surface area contributed by atoms with Crippen LogP contribution in [0.5, 0.6) is 5.75 Å². The second-order valence-corrected chi connectivity index (χ2v) is 6.68. The number of anilines is 2. The molecule has 2 aromatic carbocycles. The van der Waals surface area contributed by atoms with Gasteiger partial charge in [-0.05, 0) is 42.8 Å². The van der Waals surface area contributed by atoms with Gasteiger partial charge >= 0.3 is 6.03 Å². The van der Waals surface area contributed by atoms with E-state index in [0.717, 1.165) is 24.2 Å². The fourth-order valence-electron chi connectivity index (χ4n) is 2.23. The van der Waals surface area contributed by atoms with Crippen molar-refractivity contribution >= 4 is 28.2 Å². The summed E-state index contributed by atoms with van der Waals surface area (Å²) >= 11 is 1.23. The van der Waals surface area contributed by atoms with Crippen molar-refractivity contribution in [3.05, 3.63) is 54.3 Å². The van der Waals surface area contributed by atoms with Crippen LogP contribution in [0.2, 0.25) is 0 Å². The zero-order chi connectivity index (χ0) is 19.1. The SMILES string of the molecule is CCCCOc1ccc(-c2nnc(NC(=O)Nc3ccccc3F)s2)cc1. The zero-order valence-electron chi connectivity index (χ0n) is 14.7. The van der Waals surface area contributed by atoms with Crippen LogP contribution in [0.15, 0.2) is 48.5 Å². The van der Waals surface area contributed by atoms with E-state index < -0.39 is 11.8 Å². The maximum absolute atomic E-state index is 13.6. The number of amides is 2. The Kier molecular flexibility index (Phi) is 6.32. The summed E-state index contributed by atoms with van der Waals surface area (Å²) in [5.41, 5.74) is 0.969. The van der Waals surface area contributed by atoms with Crippen LogP contribution >= 0.6 is 11.3 Å². The van der Waals surface area contributed by atoms with Crippen LogP contribution in [0, 0.1) is 5.82 Å². The van der Waals surface area contributed by atoms with Crippen molar-refractivity contribution in [2.45, 2.75) is 19.8 Å². The summed E-state index contributed by atoms with van der Waals surface area (Å²) in [6.07, 6.45) is 2.10. The van der Waals surface area contributed by atoms with Gasteiger partial charge in [-0.1, -0.05) is 36.8 Å². The standard InChI is InChI=1S/C19H19FN4O2S/c1-2-3-12-26-14-10-8-13(9-11-14)17-23-24-19(27-17)22-18(25)21-16-7-5-4-6-15(16)20/h4-11H,2-3,12H2,1H3,(H2,21,22,24,25). The molecule has 0 bridgehead atoms. The van der Waals surface area contributed by atoms with E-state index in [1.54, 1.807) is 12.1 Å². The summed E-state index contributed by atoms with van der Waals surface area (Å²) in [6.45, 7) is 2.81. The number of para-hydroxylation sites is 1. The molecule has 0 atom stereocenters. The maximum Gasteiger partial charge on any atom is 0.325 e. The Morgan fingerprint density at radius 2 is 1.89 bits per heavy atom. The number of urea groups is 1. The number of aromatic nitrogens is 2. The molecule has 0 aliphatic carbocycles. The molecule has 3 aromatic rings. The molecule has 0 radical (unpaired) electrons. The quantitative estimate of drug-likeness (QED) is 0.550. The Morgan fingerprint density at radius 1 is 1.11 bits per heavy atom. The molecular formula is C19H19FN4O2S. The highest BCUT2D eigenvalue weighted by atomic mass is 32.1. The molecule has 0 saturated heterocycles. The summed E-state index contributed by atoms with van der Waals surface area (Å²) in [5.74, 6) is 0.297. The smallest absolute Gasteiger partial charge is 0.325 e. The molecule has 0 saturated carbocycles. The number of nitrogens with zero attached hydrogens (tertiary/aromatic N) is 2. The van der Waals surface area contributed by atoms with Crippen LogP contribution in [-0.4, -0.2) is 22.8 Å². The summed E-state index contributed by atoms with van der Waals surface area (Å²) in [6, 6.07) is 12.9. The average molecular weight is 386 g/mol. The minimum atomic E-state index is -0.581. The molecule has 3 rings (SSSR count). The normalized spacial score (nSPS) is 10.4. The molecular weight excluding hydrogens is 367 g/mol. The van der Waals surface area contributed by atoms with Crippen LogP contribution < -0.4 is 15.4 Å². The predicted octanol–water partition coefficient (Wildman–Crippen LogP) is 5.17. The van der Waals surface area contributed by atoms with Crippen LogP contribution in [0.25, 0.3) is 10.6 Å². The molecule has 0 aliphatic heterocycles. The van der Waals surface area contributed by atoms with Gasteiger partial charge in [0.2, 0.25) is 5.13 Å². The van der Waals surface area contributed by atoms with Crippen molar-refractivity contribution in [2.24, 2.45) is 0 Å². The van der Waals surface area contributed by atoms with Gasteiger partial charge in [-0.2, -0.15) is 0 Å². The van der Waals surface area contributed by atoms with Gasteiger partial charge in [0, 0.05) is 5.56 Å². The lowest BCUT2D eigenvalue weighted by atomic mass is 10.2. The number of hydrogen-bond donors (Lipinski definition) is 2. The molecule has 0 fully saturated rings. The van der Waals surface area contributed by atoms with E-state index >= 15 is 0 Å². The van der Waals surface area contributed by atoms with E-state index in [1.807, 2.05) is 24.3 Å². The first kappa shape index (κ1) is 18.8. The third-order valence-electron chi connectivity index (χ3n) is 3.64. The van der Waals surface area contributed by atoms with Crippen molar-refractivity contribution in [2.75, 3.05) is 17.2 Å². The summed E-state index contributed by atoms with van der Waals surface area (Å²) in [5, 5.41) is 14.0. The molecule has 0 spiro atoms. The molecule has 8 heteroatoms. The fraction of sp³-hybridized carbons (Fsp3) is 0.211. The Hall–Kier alpha value is -3.00. The number of nitrogens with one attached hydrogen (secondary N) is 2. The Bertz CT molecular complexity index is 899. The highest BCUT2D eigenvalue weighted by molar-refractivity contribution is 7.18. The third-order valence-corrected chi connectivity index (χ3v) is 4.52. The Labute approximate surface area is 160 Å². The molecule has 140 valence electrons. The number of halogens is 1. The van der Waals surface area contributed by atoms with Crippen molar-refractivity contribution in [3.8, 4) is 16.3 Å². The van der Waals surface area contributed by atoms with Crippen molar-refractivity contribution in [1.82, 2.24) is 10.2 Å². The second kappa shape index (κ2) is 9.09. The molecule has 0 aliphatic rings. The minimum Gasteiger partial charge on any atom is -0.494 e. The van der Waals surface area contributed by atoms with Gasteiger partial charge < -0.3 is 10.1 Å². The second-order valence-electron chi connectivity index (χ2n) is 5.70. The van der Waals surface area contributed by atoms with E-state index in [4.69, 9.17) is 4.74 Å². The third kappa shape index (κ3) is 5.24. The lowest BCUT2D eigenvalue weighted by molar-refractivity contribution is 0.262.